The molecule has 0 unspecified atom stereocenters. The molecule has 0 saturated heterocycles. The summed E-state index contributed by atoms with van der Waals surface area (Å²) >= 11 is 5.89. The Morgan fingerprint density at radius 1 is 1.14 bits per heavy atom. The number of rotatable bonds is 5. The van der Waals surface area contributed by atoms with E-state index < -0.39 is 0 Å². The molecule has 0 aliphatic rings. The molecule has 0 saturated carbocycles. The molecule has 0 aromatic heterocycles. The van der Waals surface area contributed by atoms with Crippen molar-refractivity contribution in [1.29, 1.82) is 0 Å². The van der Waals surface area contributed by atoms with Gasteiger partial charge in [0.25, 0.3) is 0 Å². The van der Waals surface area contributed by atoms with E-state index >= 15 is 0 Å². The van der Waals surface area contributed by atoms with Crippen molar-refractivity contribution in [3.63, 3.8) is 0 Å². The van der Waals surface area contributed by atoms with E-state index in [9.17, 15) is 4.79 Å². The summed E-state index contributed by atoms with van der Waals surface area (Å²) in [5.41, 5.74) is 3.01. The molecule has 2 aromatic carbocycles. The minimum Gasteiger partial charge on any atom is -0.338 e. The molecule has 0 bridgehead atoms. The first kappa shape index (κ1) is 15.4. The number of urea groups is 1. The van der Waals surface area contributed by atoms with Crippen LogP contribution in [0.4, 0.5) is 10.5 Å². The Labute approximate surface area is 130 Å². The normalized spacial score (nSPS) is 10.2. The van der Waals surface area contributed by atoms with Crippen LogP contribution in [0.15, 0.2) is 48.5 Å². The standard InChI is InChI=1S/C17H19ClN2O/c1-13-12-15(18)9-10-16(13)20-17(21)19-11-5-8-14-6-3-2-4-7-14/h2-4,6-7,9-10,12H,5,8,11H2,1H3,(H2,19,20,21). The SMILES string of the molecule is Cc1cc(Cl)ccc1NC(=O)NCCCc1ccccc1. The number of benzene rings is 2. The van der Waals surface area contributed by atoms with Crippen LogP contribution in [0.25, 0.3) is 0 Å². The number of anilines is 1. The molecule has 0 heterocycles. The molecular weight excluding hydrogens is 284 g/mol. The van der Waals surface area contributed by atoms with Crippen molar-refractivity contribution >= 4 is 23.3 Å². The van der Waals surface area contributed by atoms with Gasteiger partial charge in [0.15, 0.2) is 0 Å². The van der Waals surface area contributed by atoms with Gasteiger partial charge in [-0.2, -0.15) is 0 Å². The van der Waals surface area contributed by atoms with Crippen LogP contribution in [0.1, 0.15) is 17.5 Å². The molecule has 2 N–H and O–H groups in total. The summed E-state index contributed by atoms with van der Waals surface area (Å²) in [4.78, 5) is 11.8. The van der Waals surface area contributed by atoms with Crippen LogP contribution in [0.2, 0.25) is 5.02 Å². The molecule has 0 aliphatic carbocycles. The Morgan fingerprint density at radius 2 is 1.90 bits per heavy atom. The average molecular weight is 303 g/mol. The van der Waals surface area contributed by atoms with Crippen LogP contribution < -0.4 is 10.6 Å². The minimum atomic E-state index is -0.187. The number of hydrogen-bond acceptors (Lipinski definition) is 1. The fraction of sp³-hybridized carbons (Fsp3) is 0.235. The number of carbonyl (C=O) groups is 1. The Kier molecular flexibility index (Phi) is 5.64. The van der Waals surface area contributed by atoms with E-state index in [2.05, 4.69) is 22.8 Å². The number of carbonyl (C=O) groups excluding carboxylic acids is 1. The third-order valence-electron chi connectivity index (χ3n) is 3.21. The Bertz CT molecular complexity index is 599. The van der Waals surface area contributed by atoms with Gasteiger partial charge in [0.2, 0.25) is 0 Å². The maximum Gasteiger partial charge on any atom is 0.319 e. The highest BCUT2D eigenvalue weighted by Gasteiger charge is 2.04. The summed E-state index contributed by atoms with van der Waals surface area (Å²) in [6.45, 7) is 2.56. The first-order chi connectivity index (χ1) is 10.1. The highest BCUT2D eigenvalue weighted by molar-refractivity contribution is 6.30. The minimum absolute atomic E-state index is 0.187. The zero-order chi connectivity index (χ0) is 15.1. The lowest BCUT2D eigenvalue weighted by Gasteiger charge is -2.10. The summed E-state index contributed by atoms with van der Waals surface area (Å²) in [7, 11) is 0. The zero-order valence-corrected chi connectivity index (χ0v) is 12.8. The quantitative estimate of drug-likeness (QED) is 0.790. The maximum atomic E-state index is 11.8. The molecule has 2 rings (SSSR count). The molecule has 4 heteroatoms. The first-order valence-electron chi connectivity index (χ1n) is 7.00. The van der Waals surface area contributed by atoms with E-state index in [1.807, 2.05) is 31.2 Å². The van der Waals surface area contributed by atoms with E-state index in [1.54, 1.807) is 12.1 Å². The van der Waals surface area contributed by atoms with E-state index in [4.69, 9.17) is 11.6 Å². The maximum absolute atomic E-state index is 11.8. The average Bonchev–Trinajstić information content (AvgIpc) is 2.48. The molecule has 3 nitrogen and oxygen atoms in total. The van der Waals surface area contributed by atoms with Crippen LogP contribution in [0.3, 0.4) is 0 Å². The zero-order valence-electron chi connectivity index (χ0n) is 12.0. The third kappa shape index (κ3) is 5.12. The molecular formula is C17H19ClN2O. The fourth-order valence-corrected chi connectivity index (χ4v) is 2.30. The van der Waals surface area contributed by atoms with Gasteiger partial charge in [-0.25, -0.2) is 4.79 Å². The van der Waals surface area contributed by atoms with Gasteiger partial charge in [-0.15, -0.1) is 0 Å². The number of halogens is 1. The number of amides is 2. The molecule has 2 aromatic rings. The van der Waals surface area contributed by atoms with Crippen LogP contribution in [-0.2, 0) is 6.42 Å². The van der Waals surface area contributed by atoms with Crippen LogP contribution >= 0.6 is 11.6 Å². The lowest BCUT2D eigenvalue weighted by molar-refractivity contribution is 0.252. The van der Waals surface area contributed by atoms with Crippen LogP contribution in [0.5, 0.6) is 0 Å². The number of hydrogen-bond donors (Lipinski definition) is 2. The van der Waals surface area contributed by atoms with E-state index in [0.29, 0.717) is 11.6 Å². The van der Waals surface area contributed by atoms with Gasteiger partial charge >= 0.3 is 6.03 Å². The monoisotopic (exact) mass is 302 g/mol. The van der Waals surface area contributed by atoms with Crippen LogP contribution in [-0.4, -0.2) is 12.6 Å². The largest absolute Gasteiger partial charge is 0.338 e. The van der Waals surface area contributed by atoms with Gasteiger partial charge in [-0.3, -0.25) is 0 Å². The van der Waals surface area contributed by atoms with Crippen molar-refractivity contribution in [2.24, 2.45) is 0 Å². The van der Waals surface area contributed by atoms with Crippen molar-refractivity contribution in [2.75, 3.05) is 11.9 Å². The molecule has 0 atom stereocenters. The number of nitrogens with one attached hydrogen (secondary N) is 2. The predicted molar refractivity (Wildman–Crippen MR) is 88.0 cm³/mol. The highest BCUT2D eigenvalue weighted by atomic mass is 35.5. The molecule has 21 heavy (non-hydrogen) atoms. The van der Waals surface area contributed by atoms with Crippen LogP contribution in [0, 0.1) is 6.92 Å². The highest BCUT2D eigenvalue weighted by Crippen LogP contribution is 2.19. The molecule has 0 fully saturated rings. The summed E-state index contributed by atoms with van der Waals surface area (Å²) in [5.74, 6) is 0. The molecule has 110 valence electrons. The smallest absolute Gasteiger partial charge is 0.319 e. The van der Waals surface area contributed by atoms with Gasteiger partial charge in [-0.1, -0.05) is 41.9 Å². The molecule has 0 aliphatic heterocycles. The summed E-state index contributed by atoms with van der Waals surface area (Å²) < 4.78 is 0. The topological polar surface area (TPSA) is 41.1 Å². The van der Waals surface area contributed by atoms with Gasteiger partial charge in [0.1, 0.15) is 0 Å². The van der Waals surface area contributed by atoms with Crippen molar-refractivity contribution in [1.82, 2.24) is 5.32 Å². The van der Waals surface area contributed by atoms with Gasteiger partial charge in [0.05, 0.1) is 0 Å². The van der Waals surface area contributed by atoms with Crippen molar-refractivity contribution < 1.29 is 4.79 Å². The van der Waals surface area contributed by atoms with E-state index in [1.165, 1.54) is 5.56 Å². The van der Waals surface area contributed by atoms with Crippen molar-refractivity contribution in [3.05, 3.63) is 64.7 Å². The lowest BCUT2D eigenvalue weighted by atomic mass is 10.1. The lowest BCUT2D eigenvalue weighted by Crippen LogP contribution is -2.30. The van der Waals surface area contributed by atoms with E-state index in [-0.39, 0.29) is 6.03 Å². The van der Waals surface area contributed by atoms with Gasteiger partial charge in [0, 0.05) is 17.3 Å². The number of aryl methyl sites for hydroxylation is 2. The Morgan fingerprint density at radius 3 is 2.62 bits per heavy atom. The molecule has 2 amide bonds. The van der Waals surface area contributed by atoms with Gasteiger partial charge in [-0.05, 0) is 49.1 Å². The second-order valence-corrected chi connectivity index (χ2v) is 5.37. The Balaban J connectivity index is 1.72. The van der Waals surface area contributed by atoms with E-state index in [0.717, 1.165) is 24.1 Å². The fourth-order valence-electron chi connectivity index (χ4n) is 2.07. The predicted octanol–water partition coefficient (Wildman–Crippen LogP) is 4.40. The Hall–Kier alpha value is -2.00. The summed E-state index contributed by atoms with van der Waals surface area (Å²) in [6.07, 6.45) is 1.87. The van der Waals surface area contributed by atoms with Crippen molar-refractivity contribution in [3.8, 4) is 0 Å². The summed E-state index contributed by atoms with van der Waals surface area (Å²) in [6, 6.07) is 15.5. The second kappa shape index (κ2) is 7.70. The molecule has 0 spiro atoms. The molecule has 0 radical (unpaired) electrons. The second-order valence-electron chi connectivity index (χ2n) is 4.93. The summed E-state index contributed by atoms with van der Waals surface area (Å²) in [5, 5.41) is 6.36. The third-order valence-corrected chi connectivity index (χ3v) is 3.44. The first-order valence-corrected chi connectivity index (χ1v) is 7.38. The van der Waals surface area contributed by atoms with Crippen molar-refractivity contribution in [2.45, 2.75) is 19.8 Å². The van der Waals surface area contributed by atoms with Gasteiger partial charge < -0.3 is 10.6 Å².